The Morgan fingerprint density at radius 2 is 1.50 bits per heavy atom. The summed E-state index contributed by atoms with van der Waals surface area (Å²) in [5.74, 6) is 1.66. The van der Waals surface area contributed by atoms with E-state index in [0.29, 0.717) is 6.04 Å². The summed E-state index contributed by atoms with van der Waals surface area (Å²) in [5, 5.41) is 3.47. The van der Waals surface area contributed by atoms with E-state index in [0.717, 1.165) is 31.3 Å². The van der Waals surface area contributed by atoms with E-state index in [1.807, 2.05) is 0 Å². The maximum absolute atomic E-state index is 6.06. The van der Waals surface area contributed by atoms with Gasteiger partial charge in [-0.3, -0.25) is 0 Å². The molecule has 16 heavy (non-hydrogen) atoms. The molecule has 0 aromatic carbocycles. The van der Waals surface area contributed by atoms with Gasteiger partial charge in [-0.15, -0.1) is 0 Å². The van der Waals surface area contributed by atoms with Crippen LogP contribution >= 0.6 is 0 Å². The van der Waals surface area contributed by atoms with E-state index in [1.165, 1.54) is 25.7 Å². The summed E-state index contributed by atoms with van der Waals surface area (Å²) < 4.78 is 0. The molecule has 3 unspecified atom stereocenters. The lowest BCUT2D eigenvalue weighted by Crippen LogP contribution is -2.34. The van der Waals surface area contributed by atoms with Gasteiger partial charge in [-0.2, -0.15) is 0 Å². The van der Waals surface area contributed by atoms with Crippen LogP contribution in [0.4, 0.5) is 0 Å². The minimum absolute atomic E-state index is 0.339. The van der Waals surface area contributed by atoms with E-state index >= 15 is 0 Å². The molecule has 98 valence electrons. The molecule has 0 saturated carbocycles. The highest BCUT2D eigenvalue weighted by molar-refractivity contribution is 4.66. The summed E-state index contributed by atoms with van der Waals surface area (Å²) in [4.78, 5) is 0. The van der Waals surface area contributed by atoms with E-state index in [-0.39, 0.29) is 0 Å². The first-order valence-corrected chi connectivity index (χ1v) is 7.06. The van der Waals surface area contributed by atoms with Crippen molar-refractivity contribution in [3.63, 3.8) is 0 Å². The SMILES string of the molecule is CCC(C)CCNCC(N)CCC(C)CC. The molecule has 0 amide bonds. The predicted octanol–water partition coefficient (Wildman–Crippen LogP) is 3.17. The molecule has 0 radical (unpaired) electrons. The minimum Gasteiger partial charge on any atom is -0.327 e. The lowest BCUT2D eigenvalue weighted by Gasteiger charge is -2.16. The molecule has 0 rings (SSSR count). The molecule has 0 aliphatic carbocycles. The number of rotatable bonds is 10. The van der Waals surface area contributed by atoms with Crippen LogP contribution in [0.2, 0.25) is 0 Å². The Balaban J connectivity index is 3.33. The van der Waals surface area contributed by atoms with Gasteiger partial charge in [0, 0.05) is 12.6 Å². The average molecular weight is 228 g/mol. The summed E-state index contributed by atoms with van der Waals surface area (Å²) in [6.45, 7) is 11.2. The number of hydrogen-bond acceptors (Lipinski definition) is 2. The highest BCUT2D eigenvalue weighted by Crippen LogP contribution is 2.10. The van der Waals surface area contributed by atoms with Crippen molar-refractivity contribution < 1.29 is 0 Å². The molecule has 0 fully saturated rings. The standard InChI is InChI=1S/C14H32N2/c1-5-12(3)7-8-14(15)11-16-10-9-13(4)6-2/h12-14,16H,5-11,15H2,1-4H3. The quantitative estimate of drug-likeness (QED) is 0.564. The summed E-state index contributed by atoms with van der Waals surface area (Å²) in [6, 6.07) is 0.339. The molecule has 0 heterocycles. The second kappa shape index (κ2) is 10.1. The summed E-state index contributed by atoms with van der Waals surface area (Å²) in [6.07, 6.45) is 6.25. The minimum atomic E-state index is 0.339. The topological polar surface area (TPSA) is 38.0 Å². The molecule has 0 bridgehead atoms. The Labute approximate surface area is 102 Å². The zero-order valence-corrected chi connectivity index (χ0v) is 11.8. The second-order valence-electron chi connectivity index (χ2n) is 5.36. The van der Waals surface area contributed by atoms with E-state index in [9.17, 15) is 0 Å². The number of nitrogens with one attached hydrogen (secondary N) is 1. The van der Waals surface area contributed by atoms with Crippen molar-refractivity contribution >= 4 is 0 Å². The second-order valence-corrected chi connectivity index (χ2v) is 5.36. The molecule has 0 aromatic heterocycles. The van der Waals surface area contributed by atoms with E-state index in [2.05, 4.69) is 33.0 Å². The van der Waals surface area contributed by atoms with Crippen LogP contribution < -0.4 is 11.1 Å². The maximum Gasteiger partial charge on any atom is 0.0165 e. The zero-order valence-electron chi connectivity index (χ0n) is 11.8. The summed E-state index contributed by atoms with van der Waals surface area (Å²) in [7, 11) is 0. The summed E-state index contributed by atoms with van der Waals surface area (Å²) >= 11 is 0. The molecule has 0 aliphatic heterocycles. The normalized spacial score (nSPS) is 17.1. The van der Waals surface area contributed by atoms with Crippen LogP contribution in [-0.2, 0) is 0 Å². The van der Waals surface area contributed by atoms with Crippen LogP contribution in [0, 0.1) is 11.8 Å². The molecule has 0 aromatic rings. The van der Waals surface area contributed by atoms with Gasteiger partial charge in [-0.25, -0.2) is 0 Å². The van der Waals surface area contributed by atoms with Crippen molar-refractivity contribution in [2.75, 3.05) is 13.1 Å². The van der Waals surface area contributed by atoms with Crippen LogP contribution in [0.3, 0.4) is 0 Å². The van der Waals surface area contributed by atoms with Crippen molar-refractivity contribution in [2.24, 2.45) is 17.6 Å². The molecule has 3 atom stereocenters. The molecule has 3 N–H and O–H groups in total. The van der Waals surface area contributed by atoms with Gasteiger partial charge in [0.1, 0.15) is 0 Å². The molecule has 2 heteroatoms. The Kier molecular flexibility index (Phi) is 10.0. The summed E-state index contributed by atoms with van der Waals surface area (Å²) in [5.41, 5.74) is 6.06. The Morgan fingerprint density at radius 1 is 0.938 bits per heavy atom. The first-order valence-electron chi connectivity index (χ1n) is 7.06. The Hall–Kier alpha value is -0.0800. The average Bonchev–Trinajstić information content (AvgIpc) is 2.31. The molecule has 0 saturated heterocycles. The van der Waals surface area contributed by atoms with Crippen molar-refractivity contribution in [3.05, 3.63) is 0 Å². The molecular weight excluding hydrogens is 196 g/mol. The maximum atomic E-state index is 6.06. The fourth-order valence-corrected chi connectivity index (χ4v) is 1.64. The third-order valence-corrected chi connectivity index (χ3v) is 3.64. The first-order chi connectivity index (χ1) is 7.60. The first kappa shape index (κ1) is 15.9. The monoisotopic (exact) mass is 228 g/mol. The van der Waals surface area contributed by atoms with Gasteiger partial charge >= 0.3 is 0 Å². The van der Waals surface area contributed by atoms with Gasteiger partial charge in [0.05, 0.1) is 0 Å². The van der Waals surface area contributed by atoms with Crippen molar-refractivity contribution in [1.29, 1.82) is 0 Å². The van der Waals surface area contributed by atoms with Crippen molar-refractivity contribution in [3.8, 4) is 0 Å². The smallest absolute Gasteiger partial charge is 0.0165 e. The van der Waals surface area contributed by atoms with E-state index < -0.39 is 0 Å². The molecule has 2 nitrogen and oxygen atoms in total. The highest BCUT2D eigenvalue weighted by atomic mass is 14.9. The van der Waals surface area contributed by atoms with Crippen LogP contribution in [0.15, 0.2) is 0 Å². The number of hydrogen-bond donors (Lipinski definition) is 2. The lowest BCUT2D eigenvalue weighted by atomic mass is 9.99. The molecule has 0 aliphatic rings. The van der Waals surface area contributed by atoms with Gasteiger partial charge < -0.3 is 11.1 Å². The van der Waals surface area contributed by atoms with Crippen LogP contribution in [0.5, 0.6) is 0 Å². The zero-order chi connectivity index (χ0) is 12.4. The van der Waals surface area contributed by atoms with Gasteiger partial charge in [-0.05, 0) is 37.6 Å². The van der Waals surface area contributed by atoms with Gasteiger partial charge in [0.2, 0.25) is 0 Å². The van der Waals surface area contributed by atoms with Crippen molar-refractivity contribution in [1.82, 2.24) is 5.32 Å². The van der Waals surface area contributed by atoms with E-state index in [1.54, 1.807) is 0 Å². The third-order valence-electron chi connectivity index (χ3n) is 3.64. The van der Waals surface area contributed by atoms with Gasteiger partial charge in [0.15, 0.2) is 0 Å². The van der Waals surface area contributed by atoms with Gasteiger partial charge in [-0.1, -0.05) is 40.5 Å². The largest absolute Gasteiger partial charge is 0.327 e. The third kappa shape index (κ3) is 9.17. The van der Waals surface area contributed by atoms with E-state index in [4.69, 9.17) is 5.73 Å². The molecular formula is C14H32N2. The van der Waals surface area contributed by atoms with Crippen LogP contribution in [0.25, 0.3) is 0 Å². The highest BCUT2D eigenvalue weighted by Gasteiger charge is 2.05. The number of nitrogens with two attached hydrogens (primary N) is 1. The van der Waals surface area contributed by atoms with Crippen molar-refractivity contribution in [2.45, 2.75) is 65.8 Å². The Morgan fingerprint density at radius 3 is 2.06 bits per heavy atom. The Bertz CT molecular complexity index is 148. The predicted molar refractivity (Wildman–Crippen MR) is 73.6 cm³/mol. The fourth-order valence-electron chi connectivity index (χ4n) is 1.64. The fraction of sp³-hybridized carbons (Fsp3) is 1.00. The van der Waals surface area contributed by atoms with Crippen LogP contribution in [-0.4, -0.2) is 19.1 Å². The lowest BCUT2D eigenvalue weighted by molar-refractivity contribution is 0.430. The molecule has 0 spiro atoms. The van der Waals surface area contributed by atoms with Crippen LogP contribution in [0.1, 0.15) is 59.8 Å². The van der Waals surface area contributed by atoms with Gasteiger partial charge in [0.25, 0.3) is 0 Å².